The first-order valence-corrected chi connectivity index (χ1v) is 8.41. The van der Waals surface area contributed by atoms with Crippen LogP contribution in [0.1, 0.15) is 5.56 Å². The number of sulfonamides is 1. The first kappa shape index (κ1) is 13.8. The van der Waals surface area contributed by atoms with Crippen molar-refractivity contribution in [1.82, 2.24) is 4.98 Å². The Balaban J connectivity index is 2.38. The van der Waals surface area contributed by atoms with Gasteiger partial charge in [0.25, 0.3) is 0 Å². The molecule has 1 N–H and O–H groups in total. The Hall–Kier alpha value is -1.17. The number of nitrogens with zero attached hydrogens (tertiary/aromatic N) is 1. The molecule has 20 heavy (non-hydrogen) atoms. The van der Waals surface area contributed by atoms with Gasteiger partial charge in [0.15, 0.2) is 0 Å². The number of halogens is 2. The van der Waals surface area contributed by atoms with Crippen molar-refractivity contribution in [2.45, 2.75) is 6.42 Å². The van der Waals surface area contributed by atoms with Crippen molar-refractivity contribution in [2.75, 3.05) is 16.6 Å². The lowest BCUT2D eigenvalue weighted by atomic mass is 10.1. The molecule has 3 rings (SSSR count). The highest BCUT2D eigenvalue weighted by atomic mass is 35.5. The minimum absolute atomic E-state index is 0.0735. The van der Waals surface area contributed by atoms with Crippen molar-refractivity contribution in [2.24, 2.45) is 0 Å². The number of H-pyrrole nitrogens is 1. The Morgan fingerprint density at radius 1 is 1.40 bits per heavy atom. The molecule has 2 aromatic rings. The van der Waals surface area contributed by atoms with Gasteiger partial charge < -0.3 is 4.98 Å². The highest BCUT2D eigenvalue weighted by Crippen LogP contribution is 2.42. The number of benzene rings is 1. The van der Waals surface area contributed by atoms with Crippen LogP contribution >= 0.6 is 23.2 Å². The SMILES string of the molecule is C=CCN1c2c(cc(Cl)c3c(Cl)c[nH]c23)CCS1(=O)=O. The summed E-state index contributed by atoms with van der Waals surface area (Å²) in [5.41, 5.74) is 2.18. The molecule has 0 aliphatic carbocycles. The summed E-state index contributed by atoms with van der Waals surface area (Å²) in [4.78, 5) is 3.03. The summed E-state index contributed by atoms with van der Waals surface area (Å²) in [7, 11) is -3.34. The third kappa shape index (κ3) is 1.92. The lowest BCUT2D eigenvalue weighted by molar-refractivity contribution is 0.590. The summed E-state index contributed by atoms with van der Waals surface area (Å²) < 4.78 is 25.9. The molecule has 0 atom stereocenters. The van der Waals surface area contributed by atoms with Gasteiger partial charge in [-0.15, -0.1) is 6.58 Å². The van der Waals surface area contributed by atoms with Crippen molar-refractivity contribution in [3.63, 3.8) is 0 Å². The highest BCUT2D eigenvalue weighted by Gasteiger charge is 2.32. The molecule has 0 spiro atoms. The molecule has 0 bridgehead atoms. The Bertz CT molecular complexity index is 811. The van der Waals surface area contributed by atoms with E-state index < -0.39 is 10.0 Å². The molecule has 0 saturated heterocycles. The van der Waals surface area contributed by atoms with Gasteiger partial charge in [-0.05, 0) is 18.1 Å². The molecule has 4 nitrogen and oxygen atoms in total. The number of aryl methyl sites for hydroxylation is 1. The highest BCUT2D eigenvalue weighted by molar-refractivity contribution is 7.92. The maximum atomic E-state index is 12.3. The quantitative estimate of drug-likeness (QED) is 0.858. The molecule has 1 aromatic carbocycles. The molecule has 0 saturated carbocycles. The van der Waals surface area contributed by atoms with Gasteiger partial charge >= 0.3 is 0 Å². The second-order valence-electron chi connectivity index (χ2n) is 4.64. The zero-order chi connectivity index (χ0) is 14.5. The van der Waals surface area contributed by atoms with E-state index in [1.807, 2.05) is 0 Å². The average molecular weight is 331 g/mol. The van der Waals surface area contributed by atoms with Crippen LogP contribution in [0.5, 0.6) is 0 Å². The number of rotatable bonds is 2. The average Bonchev–Trinajstić information content (AvgIpc) is 2.76. The van der Waals surface area contributed by atoms with Gasteiger partial charge in [-0.2, -0.15) is 0 Å². The van der Waals surface area contributed by atoms with Crippen molar-refractivity contribution in [3.05, 3.63) is 40.5 Å². The van der Waals surface area contributed by atoms with Crippen LogP contribution in [0.25, 0.3) is 10.9 Å². The molecule has 0 radical (unpaired) electrons. The number of anilines is 1. The molecule has 1 aliphatic rings. The third-order valence-corrected chi connectivity index (χ3v) is 5.74. The number of nitrogens with one attached hydrogen (secondary N) is 1. The predicted octanol–water partition coefficient (Wildman–Crippen LogP) is 3.35. The summed E-state index contributed by atoms with van der Waals surface area (Å²) in [5.74, 6) is 0.0735. The van der Waals surface area contributed by atoms with Crippen molar-refractivity contribution < 1.29 is 8.42 Å². The Morgan fingerprint density at radius 3 is 2.85 bits per heavy atom. The summed E-state index contributed by atoms with van der Waals surface area (Å²) >= 11 is 12.4. The third-order valence-electron chi connectivity index (χ3n) is 3.42. The smallest absolute Gasteiger partial charge is 0.235 e. The van der Waals surface area contributed by atoms with Gasteiger partial charge in [0.1, 0.15) is 0 Å². The number of fused-ring (bicyclic) bond motifs is 3. The first-order chi connectivity index (χ1) is 9.45. The summed E-state index contributed by atoms with van der Waals surface area (Å²) in [6.45, 7) is 3.85. The van der Waals surface area contributed by atoms with Gasteiger partial charge in [-0.1, -0.05) is 29.3 Å². The van der Waals surface area contributed by atoms with Gasteiger partial charge in [-0.25, -0.2) is 8.42 Å². The second kappa shape index (κ2) is 4.69. The molecule has 106 valence electrons. The van der Waals surface area contributed by atoms with E-state index in [1.54, 1.807) is 18.3 Å². The monoisotopic (exact) mass is 330 g/mol. The fraction of sp³-hybridized carbons (Fsp3) is 0.231. The van der Waals surface area contributed by atoms with E-state index in [4.69, 9.17) is 23.2 Å². The fourth-order valence-corrected chi connectivity index (χ4v) is 4.70. The summed E-state index contributed by atoms with van der Waals surface area (Å²) in [6.07, 6.45) is 3.63. The maximum absolute atomic E-state index is 12.3. The van der Waals surface area contributed by atoms with Crippen LogP contribution in [0.15, 0.2) is 24.9 Å². The summed E-state index contributed by atoms with van der Waals surface area (Å²) in [6, 6.07) is 1.80. The first-order valence-electron chi connectivity index (χ1n) is 6.05. The van der Waals surface area contributed by atoms with E-state index in [0.29, 0.717) is 33.1 Å². The van der Waals surface area contributed by atoms with Gasteiger partial charge in [0.2, 0.25) is 10.0 Å². The molecule has 0 amide bonds. The standard InChI is InChI=1S/C13H12Cl2N2O2S/c1-2-4-17-13-8(3-5-20(17,18)19)6-9(14)11-10(15)7-16-12(11)13/h2,6-7,16H,1,3-5H2. The van der Waals surface area contributed by atoms with Crippen LogP contribution < -0.4 is 4.31 Å². The number of hydrogen-bond donors (Lipinski definition) is 1. The van der Waals surface area contributed by atoms with Crippen molar-refractivity contribution >= 4 is 49.8 Å². The molecule has 1 aromatic heterocycles. The normalized spacial score (nSPS) is 17.2. The maximum Gasteiger partial charge on any atom is 0.235 e. The van der Waals surface area contributed by atoms with E-state index in [-0.39, 0.29) is 12.3 Å². The largest absolute Gasteiger partial charge is 0.358 e. The van der Waals surface area contributed by atoms with Crippen LogP contribution in [0.2, 0.25) is 10.0 Å². The Morgan fingerprint density at radius 2 is 2.15 bits per heavy atom. The second-order valence-corrected chi connectivity index (χ2v) is 7.47. The summed E-state index contributed by atoms with van der Waals surface area (Å²) in [5, 5.41) is 1.66. The molecule has 2 heterocycles. The van der Waals surface area contributed by atoms with Crippen LogP contribution in [0, 0.1) is 0 Å². The fourth-order valence-electron chi connectivity index (χ4n) is 2.56. The van der Waals surface area contributed by atoms with E-state index in [9.17, 15) is 8.42 Å². The zero-order valence-electron chi connectivity index (χ0n) is 10.5. The van der Waals surface area contributed by atoms with Gasteiger partial charge in [-0.3, -0.25) is 4.31 Å². The molecule has 0 fully saturated rings. The number of hydrogen-bond acceptors (Lipinski definition) is 2. The zero-order valence-corrected chi connectivity index (χ0v) is 12.8. The van der Waals surface area contributed by atoms with E-state index >= 15 is 0 Å². The topological polar surface area (TPSA) is 53.2 Å². The molecule has 7 heteroatoms. The minimum atomic E-state index is -3.34. The van der Waals surface area contributed by atoms with Gasteiger partial charge in [0.05, 0.1) is 33.5 Å². The number of aromatic amines is 1. The van der Waals surface area contributed by atoms with E-state index in [1.165, 1.54) is 4.31 Å². The Kier molecular flexibility index (Phi) is 3.23. The lowest BCUT2D eigenvalue weighted by Gasteiger charge is -2.30. The molecular weight excluding hydrogens is 319 g/mol. The lowest BCUT2D eigenvalue weighted by Crippen LogP contribution is -2.38. The minimum Gasteiger partial charge on any atom is -0.358 e. The van der Waals surface area contributed by atoms with Crippen LogP contribution in [-0.4, -0.2) is 25.7 Å². The Labute approximate surface area is 127 Å². The van der Waals surface area contributed by atoms with Crippen LogP contribution in [0.3, 0.4) is 0 Å². The predicted molar refractivity (Wildman–Crippen MR) is 83.4 cm³/mol. The van der Waals surface area contributed by atoms with Crippen molar-refractivity contribution in [1.29, 1.82) is 0 Å². The van der Waals surface area contributed by atoms with E-state index in [0.717, 1.165) is 5.56 Å². The molecular formula is C13H12Cl2N2O2S. The number of aromatic nitrogens is 1. The molecule has 0 unspecified atom stereocenters. The van der Waals surface area contributed by atoms with E-state index in [2.05, 4.69) is 11.6 Å². The van der Waals surface area contributed by atoms with Crippen molar-refractivity contribution in [3.8, 4) is 0 Å². The van der Waals surface area contributed by atoms with Crippen LogP contribution in [-0.2, 0) is 16.4 Å². The van der Waals surface area contributed by atoms with Crippen LogP contribution in [0.4, 0.5) is 5.69 Å². The van der Waals surface area contributed by atoms with Gasteiger partial charge in [0, 0.05) is 11.6 Å². The molecule has 1 aliphatic heterocycles.